The van der Waals surface area contributed by atoms with E-state index < -0.39 is 5.95 Å². The molecule has 3 aromatic rings. The monoisotopic (exact) mass is 309 g/mol. The number of rotatable bonds is 2. The Hall–Kier alpha value is -3.02. The molecule has 0 amide bonds. The lowest BCUT2D eigenvalue weighted by molar-refractivity contribution is 0.285. The van der Waals surface area contributed by atoms with Crippen molar-refractivity contribution in [1.29, 1.82) is 0 Å². The maximum atomic E-state index is 13.2. The van der Waals surface area contributed by atoms with Crippen LogP contribution in [0.3, 0.4) is 0 Å². The van der Waals surface area contributed by atoms with Crippen molar-refractivity contribution < 1.29 is 13.9 Å². The number of nitrogens with zero attached hydrogens (tertiary/aromatic N) is 3. The highest BCUT2D eigenvalue weighted by Crippen LogP contribution is 2.38. The summed E-state index contributed by atoms with van der Waals surface area (Å²) < 4.78 is 23.9. The Bertz CT molecular complexity index is 899. The molecule has 5 nitrogen and oxygen atoms in total. The van der Waals surface area contributed by atoms with Gasteiger partial charge in [-0.05, 0) is 34.9 Å². The van der Waals surface area contributed by atoms with Gasteiger partial charge in [-0.25, -0.2) is 0 Å². The van der Waals surface area contributed by atoms with Gasteiger partial charge in [0.25, 0.3) is 0 Å². The molecule has 0 spiro atoms. The minimum atomic E-state index is -0.543. The van der Waals surface area contributed by atoms with Crippen LogP contribution in [0.1, 0.15) is 5.56 Å². The average Bonchev–Trinajstić information content (AvgIpc) is 2.61. The predicted octanol–water partition coefficient (Wildman–Crippen LogP) is 3.25. The quantitative estimate of drug-likeness (QED) is 0.680. The molecule has 4 rings (SSSR count). The summed E-state index contributed by atoms with van der Waals surface area (Å²) in [6.45, 7) is 0.349. The van der Waals surface area contributed by atoms with Gasteiger partial charge in [-0.3, -0.25) is 0 Å². The van der Waals surface area contributed by atoms with Crippen molar-refractivity contribution in [2.75, 3.05) is 7.11 Å². The summed E-state index contributed by atoms with van der Waals surface area (Å²) in [6.07, 6.45) is 1.68. The summed E-state index contributed by atoms with van der Waals surface area (Å²) in [4.78, 5) is 3.79. The van der Waals surface area contributed by atoms with Crippen LogP contribution in [0.5, 0.6) is 11.8 Å². The van der Waals surface area contributed by atoms with Gasteiger partial charge in [0.2, 0.25) is 17.7 Å². The molecule has 114 valence electrons. The first-order valence-electron chi connectivity index (χ1n) is 7.04. The molecule has 0 saturated heterocycles. The lowest BCUT2D eigenvalue weighted by Gasteiger charge is -2.20. The number of halogens is 1. The zero-order chi connectivity index (χ0) is 15.8. The van der Waals surface area contributed by atoms with Crippen LogP contribution in [0.2, 0.25) is 0 Å². The van der Waals surface area contributed by atoms with Gasteiger partial charge in [-0.2, -0.15) is 14.5 Å². The number of methoxy groups -OCH3 is 1. The van der Waals surface area contributed by atoms with E-state index in [9.17, 15) is 4.39 Å². The van der Waals surface area contributed by atoms with Crippen LogP contribution in [0.4, 0.5) is 4.39 Å². The topological polar surface area (TPSA) is 57.1 Å². The summed E-state index contributed by atoms with van der Waals surface area (Å²) in [5.41, 5.74) is 4.70. The Morgan fingerprint density at radius 1 is 1.09 bits per heavy atom. The van der Waals surface area contributed by atoms with Gasteiger partial charge in [0.1, 0.15) is 6.61 Å². The van der Waals surface area contributed by atoms with Gasteiger partial charge in [0.05, 0.1) is 13.3 Å². The van der Waals surface area contributed by atoms with E-state index in [1.807, 2.05) is 24.3 Å². The van der Waals surface area contributed by atoms with E-state index in [1.165, 1.54) is 6.07 Å². The molecule has 0 radical (unpaired) electrons. The number of benzene rings is 1. The molecule has 3 heterocycles. The van der Waals surface area contributed by atoms with E-state index >= 15 is 0 Å². The largest absolute Gasteiger partial charge is 0.480 e. The fourth-order valence-corrected chi connectivity index (χ4v) is 2.64. The standard InChI is InChI=1S/C17H12FN3O2/c1-22-16-7-11(8-19-21-16)10-2-3-13-12(6-10)9-23-17-14(13)4-5-15(18)20-17/h2-8H,9H2,1H3. The molecule has 0 bridgehead atoms. The molecular formula is C17H12FN3O2. The molecule has 0 atom stereocenters. The molecule has 0 fully saturated rings. The summed E-state index contributed by atoms with van der Waals surface area (Å²) >= 11 is 0. The van der Waals surface area contributed by atoms with Crippen molar-refractivity contribution in [1.82, 2.24) is 15.2 Å². The summed E-state index contributed by atoms with van der Waals surface area (Å²) in [5, 5.41) is 7.80. The van der Waals surface area contributed by atoms with Gasteiger partial charge in [-0.15, -0.1) is 5.10 Å². The number of ether oxygens (including phenoxy) is 2. The Morgan fingerprint density at radius 3 is 2.83 bits per heavy atom. The fraction of sp³-hybridized carbons (Fsp3) is 0.118. The minimum Gasteiger partial charge on any atom is -0.480 e. The second-order valence-corrected chi connectivity index (χ2v) is 5.13. The summed E-state index contributed by atoms with van der Waals surface area (Å²) in [7, 11) is 1.55. The highest BCUT2D eigenvalue weighted by Gasteiger charge is 2.19. The number of pyridine rings is 1. The number of aromatic nitrogens is 3. The number of fused-ring (bicyclic) bond motifs is 3. The first-order valence-corrected chi connectivity index (χ1v) is 7.04. The van der Waals surface area contributed by atoms with E-state index in [0.717, 1.165) is 27.8 Å². The van der Waals surface area contributed by atoms with Crippen LogP contribution >= 0.6 is 0 Å². The van der Waals surface area contributed by atoms with Crippen LogP contribution in [-0.2, 0) is 6.61 Å². The Balaban J connectivity index is 1.79. The maximum Gasteiger partial charge on any atom is 0.233 e. The van der Waals surface area contributed by atoms with Gasteiger partial charge in [-0.1, -0.05) is 12.1 Å². The second-order valence-electron chi connectivity index (χ2n) is 5.13. The van der Waals surface area contributed by atoms with Crippen molar-refractivity contribution in [3.8, 4) is 34.0 Å². The third-order valence-corrected chi connectivity index (χ3v) is 3.76. The number of hydrogen-bond acceptors (Lipinski definition) is 5. The van der Waals surface area contributed by atoms with Crippen LogP contribution in [0.25, 0.3) is 22.3 Å². The van der Waals surface area contributed by atoms with Crippen molar-refractivity contribution in [2.45, 2.75) is 6.61 Å². The Labute approximate surface area is 131 Å². The molecule has 1 aliphatic heterocycles. The summed E-state index contributed by atoms with van der Waals surface area (Å²) in [6, 6.07) is 10.8. The SMILES string of the molecule is COc1cc(-c2ccc3c(c2)COc2nc(F)ccc2-3)cnn1. The van der Waals surface area contributed by atoms with Crippen molar-refractivity contribution in [3.63, 3.8) is 0 Å². The van der Waals surface area contributed by atoms with Crippen LogP contribution in [-0.4, -0.2) is 22.3 Å². The maximum absolute atomic E-state index is 13.2. The van der Waals surface area contributed by atoms with E-state index in [0.29, 0.717) is 18.4 Å². The minimum absolute atomic E-state index is 0.331. The molecule has 0 aliphatic carbocycles. The molecule has 0 N–H and O–H groups in total. The molecule has 0 saturated carbocycles. The van der Waals surface area contributed by atoms with E-state index in [2.05, 4.69) is 15.2 Å². The molecule has 1 aliphatic rings. The Morgan fingerprint density at radius 2 is 1.96 bits per heavy atom. The van der Waals surface area contributed by atoms with Gasteiger partial charge in [0, 0.05) is 17.2 Å². The smallest absolute Gasteiger partial charge is 0.233 e. The van der Waals surface area contributed by atoms with Crippen molar-refractivity contribution in [2.24, 2.45) is 0 Å². The normalized spacial score (nSPS) is 12.1. The predicted molar refractivity (Wildman–Crippen MR) is 81.5 cm³/mol. The van der Waals surface area contributed by atoms with Crippen molar-refractivity contribution >= 4 is 0 Å². The molecular weight excluding hydrogens is 297 g/mol. The molecule has 6 heteroatoms. The zero-order valence-electron chi connectivity index (χ0n) is 12.3. The van der Waals surface area contributed by atoms with Gasteiger partial charge < -0.3 is 9.47 Å². The first-order chi connectivity index (χ1) is 11.2. The molecule has 0 unspecified atom stereocenters. The van der Waals surface area contributed by atoms with Crippen LogP contribution < -0.4 is 9.47 Å². The third-order valence-electron chi connectivity index (χ3n) is 3.76. The van der Waals surface area contributed by atoms with Gasteiger partial charge in [0.15, 0.2) is 0 Å². The van der Waals surface area contributed by atoms with Crippen LogP contribution in [0.15, 0.2) is 42.6 Å². The first kappa shape index (κ1) is 13.6. The average molecular weight is 309 g/mol. The second kappa shape index (κ2) is 5.31. The van der Waals surface area contributed by atoms with Crippen molar-refractivity contribution in [3.05, 3.63) is 54.1 Å². The fourth-order valence-electron chi connectivity index (χ4n) is 2.64. The van der Waals surface area contributed by atoms with E-state index in [-0.39, 0.29) is 0 Å². The lowest BCUT2D eigenvalue weighted by Crippen LogP contribution is -2.07. The van der Waals surface area contributed by atoms with Gasteiger partial charge >= 0.3 is 0 Å². The Kier molecular flexibility index (Phi) is 3.15. The summed E-state index contributed by atoms with van der Waals surface area (Å²) in [5.74, 6) is 0.248. The highest BCUT2D eigenvalue weighted by molar-refractivity contribution is 5.77. The molecule has 1 aromatic carbocycles. The lowest BCUT2D eigenvalue weighted by atomic mass is 9.95. The highest BCUT2D eigenvalue weighted by atomic mass is 19.1. The van der Waals surface area contributed by atoms with Crippen LogP contribution in [0, 0.1) is 5.95 Å². The molecule has 2 aromatic heterocycles. The third kappa shape index (κ3) is 2.38. The zero-order valence-corrected chi connectivity index (χ0v) is 12.3. The molecule has 23 heavy (non-hydrogen) atoms. The van der Waals surface area contributed by atoms with E-state index in [1.54, 1.807) is 19.4 Å². The number of hydrogen-bond donors (Lipinski definition) is 0. The van der Waals surface area contributed by atoms with E-state index in [4.69, 9.17) is 9.47 Å².